The van der Waals surface area contributed by atoms with E-state index in [9.17, 15) is 4.79 Å². The number of amides is 1. The molecule has 0 saturated heterocycles. The van der Waals surface area contributed by atoms with Crippen LogP contribution in [0.5, 0.6) is 0 Å². The molecular weight excluding hydrogens is 190 g/mol. The van der Waals surface area contributed by atoms with Gasteiger partial charge in [-0.05, 0) is 31.2 Å². The molecule has 15 heavy (non-hydrogen) atoms. The van der Waals surface area contributed by atoms with E-state index in [1.165, 1.54) is 0 Å². The summed E-state index contributed by atoms with van der Waals surface area (Å²) in [6.45, 7) is 3.46. The number of nitrogens with zero attached hydrogens (tertiary/aromatic N) is 1. The average Bonchev–Trinajstić information content (AvgIpc) is 2.55. The summed E-state index contributed by atoms with van der Waals surface area (Å²) >= 11 is 0. The molecule has 3 nitrogen and oxygen atoms in total. The summed E-state index contributed by atoms with van der Waals surface area (Å²) < 4.78 is 5.46. The maximum atomic E-state index is 11.2. The number of rotatable bonds is 1. The number of benzene rings is 1. The number of hydrogen-bond donors (Lipinski definition) is 0. The lowest BCUT2D eigenvalue weighted by Crippen LogP contribution is -2.22. The minimum Gasteiger partial charge on any atom is -0.461 e. The van der Waals surface area contributed by atoms with E-state index in [-0.39, 0.29) is 5.91 Å². The van der Waals surface area contributed by atoms with E-state index in [1.54, 1.807) is 18.9 Å². The van der Waals surface area contributed by atoms with Crippen LogP contribution in [0.25, 0.3) is 11.0 Å². The SMILES string of the molecule is CC(=O)N(C)c1ccc2oc(C)cc2c1. The fourth-order valence-corrected chi connectivity index (χ4v) is 1.55. The molecule has 2 rings (SSSR count). The number of anilines is 1. The van der Waals surface area contributed by atoms with Crippen molar-refractivity contribution in [1.82, 2.24) is 0 Å². The highest BCUT2D eigenvalue weighted by Gasteiger charge is 2.07. The van der Waals surface area contributed by atoms with Crippen LogP contribution in [0.1, 0.15) is 12.7 Å². The van der Waals surface area contributed by atoms with Gasteiger partial charge in [-0.2, -0.15) is 0 Å². The Bertz CT molecular complexity index is 513. The molecule has 3 heteroatoms. The molecule has 1 aromatic heterocycles. The Morgan fingerprint density at radius 3 is 2.73 bits per heavy atom. The Morgan fingerprint density at radius 2 is 2.07 bits per heavy atom. The van der Waals surface area contributed by atoms with Gasteiger partial charge in [0.1, 0.15) is 11.3 Å². The second kappa shape index (κ2) is 3.42. The van der Waals surface area contributed by atoms with E-state index in [4.69, 9.17) is 4.42 Å². The van der Waals surface area contributed by atoms with Crippen LogP contribution in [-0.4, -0.2) is 13.0 Å². The summed E-state index contributed by atoms with van der Waals surface area (Å²) in [5.74, 6) is 0.905. The lowest BCUT2D eigenvalue weighted by molar-refractivity contribution is -0.116. The van der Waals surface area contributed by atoms with Crippen molar-refractivity contribution in [3.63, 3.8) is 0 Å². The number of hydrogen-bond acceptors (Lipinski definition) is 2. The molecule has 0 unspecified atom stereocenters. The predicted molar refractivity (Wildman–Crippen MR) is 60.0 cm³/mol. The summed E-state index contributed by atoms with van der Waals surface area (Å²) in [6, 6.07) is 7.68. The average molecular weight is 203 g/mol. The van der Waals surface area contributed by atoms with E-state index in [1.807, 2.05) is 31.2 Å². The van der Waals surface area contributed by atoms with Crippen molar-refractivity contribution in [3.8, 4) is 0 Å². The van der Waals surface area contributed by atoms with Crippen LogP contribution in [0, 0.1) is 6.92 Å². The zero-order valence-corrected chi connectivity index (χ0v) is 9.07. The first-order chi connectivity index (χ1) is 7.08. The largest absolute Gasteiger partial charge is 0.461 e. The molecule has 0 aliphatic rings. The van der Waals surface area contributed by atoms with Gasteiger partial charge in [-0.1, -0.05) is 0 Å². The van der Waals surface area contributed by atoms with Crippen molar-refractivity contribution in [2.45, 2.75) is 13.8 Å². The molecule has 0 spiro atoms. The Morgan fingerprint density at radius 1 is 1.33 bits per heavy atom. The van der Waals surface area contributed by atoms with Gasteiger partial charge in [-0.25, -0.2) is 0 Å². The monoisotopic (exact) mass is 203 g/mol. The quantitative estimate of drug-likeness (QED) is 0.714. The Hall–Kier alpha value is -1.77. The summed E-state index contributed by atoms with van der Waals surface area (Å²) in [5.41, 5.74) is 1.74. The van der Waals surface area contributed by atoms with Crippen LogP contribution in [0.2, 0.25) is 0 Å². The van der Waals surface area contributed by atoms with Crippen molar-refractivity contribution in [1.29, 1.82) is 0 Å². The van der Waals surface area contributed by atoms with Crippen LogP contribution in [0.15, 0.2) is 28.7 Å². The van der Waals surface area contributed by atoms with Gasteiger partial charge in [0.25, 0.3) is 0 Å². The molecule has 0 aliphatic carbocycles. The fourth-order valence-electron chi connectivity index (χ4n) is 1.55. The van der Waals surface area contributed by atoms with E-state index in [2.05, 4.69) is 0 Å². The van der Waals surface area contributed by atoms with Crippen molar-refractivity contribution in [2.24, 2.45) is 0 Å². The third kappa shape index (κ3) is 1.73. The van der Waals surface area contributed by atoms with Crippen molar-refractivity contribution in [3.05, 3.63) is 30.0 Å². The second-order valence-electron chi connectivity index (χ2n) is 3.66. The first-order valence-electron chi connectivity index (χ1n) is 4.82. The van der Waals surface area contributed by atoms with Gasteiger partial charge in [-0.3, -0.25) is 4.79 Å². The highest BCUT2D eigenvalue weighted by atomic mass is 16.3. The van der Waals surface area contributed by atoms with E-state index in [0.717, 1.165) is 22.4 Å². The van der Waals surface area contributed by atoms with Gasteiger partial charge < -0.3 is 9.32 Å². The fraction of sp³-hybridized carbons (Fsp3) is 0.250. The van der Waals surface area contributed by atoms with Gasteiger partial charge >= 0.3 is 0 Å². The maximum Gasteiger partial charge on any atom is 0.223 e. The first kappa shape index (κ1) is 9.77. The Labute approximate surface area is 88.3 Å². The lowest BCUT2D eigenvalue weighted by Gasteiger charge is -2.14. The van der Waals surface area contributed by atoms with Gasteiger partial charge in [0, 0.05) is 25.0 Å². The third-order valence-corrected chi connectivity index (χ3v) is 2.48. The normalized spacial score (nSPS) is 10.6. The third-order valence-electron chi connectivity index (χ3n) is 2.48. The molecule has 1 amide bonds. The van der Waals surface area contributed by atoms with Gasteiger partial charge in [-0.15, -0.1) is 0 Å². The van der Waals surface area contributed by atoms with Crippen LogP contribution in [0.3, 0.4) is 0 Å². The molecule has 0 atom stereocenters. The highest BCUT2D eigenvalue weighted by Crippen LogP contribution is 2.24. The summed E-state index contributed by atoms with van der Waals surface area (Å²) in [7, 11) is 1.76. The van der Waals surface area contributed by atoms with Crippen LogP contribution in [0.4, 0.5) is 5.69 Å². The molecule has 0 aliphatic heterocycles. The summed E-state index contributed by atoms with van der Waals surface area (Å²) in [5, 5.41) is 1.03. The van der Waals surface area contributed by atoms with Crippen molar-refractivity contribution < 1.29 is 9.21 Å². The summed E-state index contributed by atoms with van der Waals surface area (Å²) in [6.07, 6.45) is 0. The maximum absolute atomic E-state index is 11.2. The first-order valence-corrected chi connectivity index (χ1v) is 4.82. The predicted octanol–water partition coefficient (Wildman–Crippen LogP) is 2.72. The molecular formula is C12H13NO2. The molecule has 0 fully saturated rings. The zero-order valence-electron chi connectivity index (χ0n) is 9.07. The van der Waals surface area contributed by atoms with Crippen LogP contribution >= 0.6 is 0 Å². The lowest BCUT2D eigenvalue weighted by atomic mass is 10.2. The standard InChI is InChI=1S/C12H13NO2/c1-8-6-10-7-11(13(3)9(2)14)4-5-12(10)15-8/h4-7H,1-3H3. The molecule has 1 heterocycles. The smallest absolute Gasteiger partial charge is 0.223 e. The summed E-state index contributed by atoms with van der Waals surface area (Å²) in [4.78, 5) is 12.8. The molecule has 0 N–H and O–H groups in total. The minimum absolute atomic E-state index is 0.0227. The highest BCUT2D eigenvalue weighted by molar-refractivity contribution is 5.93. The topological polar surface area (TPSA) is 33.5 Å². The van der Waals surface area contributed by atoms with Crippen molar-refractivity contribution >= 4 is 22.6 Å². The molecule has 0 bridgehead atoms. The van der Waals surface area contributed by atoms with Crippen LogP contribution < -0.4 is 4.90 Å². The van der Waals surface area contributed by atoms with Gasteiger partial charge in [0.2, 0.25) is 5.91 Å². The number of fused-ring (bicyclic) bond motifs is 1. The Kier molecular flexibility index (Phi) is 2.23. The number of carbonyl (C=O) groups excluding carboxylic acids is 1. The van der Waals surface area contributed by atoms with E-state index < -0.39 is 0 Å². The molecule has 78 valence electrons. The van der Waals surface area contributed by atoms with Crippen LogP contribution in [-0.2, 0) is 4.79 Å². The Balaban J connectivity index is 2.50. The minimum atomic E-state index is 0.0227. The van der Waals surface area contributed by atoms with E-state index >= 15 is 0 Å². The van der Waals surface area contributed by atoms with Crippen molar-refractivity contribution in [2.75, 3.05) is 11.9 Å². The zero-order chi connectivity index (χ0) is 11.0. The van der Waals surface area contributed by atoms with Gasteiger partial charge in [0.15, 0.2) is 0 Å². The molecule has 0 radical (unpaired) electrons. The van der Waals surface area contributed by atoms with E-state index in [0.29, 0.717) is 0 Å². The van der Waals surface area contributed by atoms with Gasteiger partial charge in [0.05, 0.1) is 0 Å². The number of carbonyl (C=O) groups is 1. The molecule has 2 aromatic rings. The number of furan rings is 1. The second-order valence-corrected chi connectivity index (χ2v) is 3.66. The molecule has 0 saturated carbocycles. The number of aryl methyl sites for hydroxylation is 1. The molecule has 1 aromatic carbocycles.